The number of nitrogens with zero attached hydrogens (tertiary/aromatic N) is 2. The number of benzene rings is 2. The summed E-state index contributed by atoms with van der Waals surface area (Å²) in [5.74, 6) is -1.12. The second-order valence-electron chi connectivity index (χ2n) is 11.2. The highest BCUT2D eigenvalue weighted by Crippen LogP contribution is 2.37. The van der Waals surface area contributed by atoms with Crippen molar-refractivity contribution in [3.63, 3.8) is 0 Å². The smallest absolute Gasteiger partial charge is 0.256 e. The Balaban J connectivity index is 1.22. The number of piperidine rings is 1. The van der Waals surface area contributed by atoms with Crippen molar-refractivity contribution in [3.8, 4) is 0 Å². The number of rotatable bonds is 7. The molecule has 3 aliphatic heterocycles. The fraction of sp³-hybridized carbons (Fsp3) is 0.375. The molecule has 0 aliphatic carbocycles. The molecule has 41 heavy (non-hydrogen) atoms. The zero-order chi connectivity index (χ0) is 28.5. The molecule has 3 aromatic rings. The number of hydrogen-bond acceptors (Lipinski definition) is 4. The van der Waals surface area contributed by atoms with E-state index in [1.54, 1.807) is 24.3 Å². The Morgan fingerprint density at radius 2 is 1.76 bits per heavy atom. The van der Waals surface area contributed by atoms with E-state index in [1.807, 2.05) is 11.8 Å². The van der Waals surface area contributed by atoms with Crippen LogP contribution in [0.2, 0.25) is 0 Å². The lowest BCUT2D eigenvalue weighted by Gasteiger charge is -2.29. The van der Waals surface area contributed by atoms with E-state index in [1.165, 1.54) is 37.5 Å². The predicted octanol–water partition coefficient (Wildman–Crippen LogP) is 5.58. The lowest BCUT2D eigenvalue weighted by molar-refractivity contribution is -0.110. The van der Waals surface area contributed by atoms with Crippen molar-refractivity contribution in [2.24, 2.45) is 0 Å². The topological polar surface area (TPSA) is 80.5 Å². The molecule has 6 rings (SSSR count). The van der Waals surface area contributed by atoms with E-state index in [0.717, 1.165) is 55.8 Å². The molecule has 0 radical (unpaired) electrons. The van der Waals surface area contributed by atoms with Gasteiger partial charge in [0.15, 0.2) is 0 Å². The molecule has 0 bridgehead atoms. The summed E-state index contributed by atoms with van der Waals surface area (Å²) in [7, 11) is 0. The van der Waals surface area contributed by atoms with Gasteiger partial charge in [0.1, 0.15) is 11.6 Å². The molecule has 4 heterocycles. The second-order valence-corrected chi connectivity index (χ2v) is 11.2. The van der Waals surface area contributed by atoms with Crippen LogP contribution in [0.5, 0.6) is 0 Å². The van der Waals surface area contributed by atoms with Gasteiger partial charge in [0.25, 0.3) is 11.8 Å². The molecule has 0 saturated carbocycles. The summed E-state index contributed by atoms with van der Waals surface area (Å²) in [6, 6.07) is 8.91. The first-order valence-electron chi connectivity index (χ1n) is 14.5. The zero-order valence-electron chi connectivity index (χ0n) is 23.3. The molecule has 2 aromatic carbocycles. The molecule has 0 atom stereocenters. The van der Waals surface area contributed by atoms with E-state index < -0.39 is 5.82 Å². The number of aromatic amines is 1. The largest absolute Gasteiger partial charge is 0.379 e. The minimum absolute atomic E-state index is 0.0344. The lowest BCUT2D eigenvalue weighted by atomic mass is 10.0. The van der Waals surface area contributed by atoms with Gasteiger partial charge in [0, 0.05) is 43.1 Å². The highest BCUT2D eigenvalue weighted by atomic mass is 19.1. The monoisotopic (exact) mass is 559 g/mol. The van der Waals surface area contributed by atoms with E-state index in [4.69, 9.17) is 0 Å². The van der Waals surface area contributed by atoms with Crippen LogP contribution in [-0.4, -0.2) is 59.3 Å². The van der Waals surface area contributed by atoms with Crippen LogP contribution in [-0.2, 0) is 17.8 Å². The van der Waals surface area contributed by atoms with Crippen molar-refractivity contribution in [1.29, 1.82) is 0 Å². The maximum Gasteiger partial charge on any atom is 0.256 e. The van der Waals surface area contributed by atoms with Crippen LogP contribution in [0, 0.1) is 18.6 Å². The third kappa shape index (κ3) is 5.63. The molecule has 2 amide bonds. The number of aryl methyl sites for hydroxylation is 1. The van der Waals surface area contributed by atoms with Crippen LogP contribution >= 0.6 is 0 Å². The van der Waals surface area contributed by atoms with Gasteiger partial charge >= 0.3 is 0 Å². The molecule has 0 spiro atoms. The van der Waals surface area contributed by atoms with Crippen molar-refractivity contribution < 1.29 is 18.4 Å². The molecule has 1 aromatic heterocycles. The van der Waals surface area contributed by atoms with Crippen LogP contribution < -0.4 is 10.6 Å². The van der Waals surface area contributed by atoms with Gasteiger partial charge in [-0.1, -0.05) is 18.6 Å². The van der Waals surface area contributed by atoms with Gasteiger partial charge in [-0.3, -0.25) is 9.59 Å². The third-order valence-corrected chi connectivity index (χ3v) is 8.43. The van der Waals surface area contributed by atoms with Crippen molar-refractivity contribution in [3.05, 3.63) is 81.7 Å². The van der Waals surface area contributed by atoms with Crippen LogP contribution in [0.25, 0.3) is 11.6 Å². The standard InChI is InChI=1S/C32H35F2N5O2/c1-20-27(36-26-6-5-13-39(32(41)30(20)26)15-14-38-11-3-2-4-12-38)17-24-23-16-25(34)29(18-28(23)37-31(24)40)35-19-21-7-9-22(33)10-8-21/h7-10,16-18,35-36H,2-6,11-15,19H2,1H3,(H,37,40)/b24-17-. The summed E-state index contributed by atoms with van der Waals surface area (Å²) >= 11 is 0. The van der Waals surface area contributed by atoms with Gasteiger partial charge in [-0.2, -0.15) is 0 Å². The molecule has 1 saturated heterocycles. The van der Waals surface area contributed by atoms with E-state index >= 15 is 4.39 Å². The highest BCUT2D eigenvalue weighted by Gasteiger charge is 2.30. The van der Waals surface area contributed by atoms with E-state index in [-0.39, 0.29) is 23.3 Å². The molecular weight excluding hydrogens is 524 g/mol. The number of hydrogen-bond donors (Lipinski definition) is 3. The molecule has 214 valence electrons. The van der Waals surface area contributed by atoms with Crippen LogP contribution in [0.15, 0.2) is 36.4 Å². The van der Waals surface area contributed by atoms with E-state index in [2.05, 4.69) is 20.5 Å². The first-order chi connectivity index (χ1) is 19.9. The van der Waals surface area contributed by atoms with E-state index in [0.29, 0.717) is 41.2 Å². The molecule has 7 nitrogen and oxygen atoms in total. The SMILES string of the molecule is Cc1c(/C=C2\C(=O)Nc3cc(NCc4ccc(F)cc4)c(F)cc32)[nH]c2c1C(=O)N(CCN1CCCCC1)CCC2. The minimum atomic E-state index is -0.494. The quantitative estimate of drug-likeness (QED) is 0.330. The zero-order valence-corrected chi connectivity index (χ0v) is 23.3. The van der Waals surface area contributed by atoms with Crippen molar-refractivity contribution in [2.45, 2.75) is 45.6 Å². The van der Waals surface area contributed by atoms with Crippen LogP contribution in [0.4, 0.5) is 20.2 Å². The Morgan fingerprint density at radius 3 is 2.54 bits per heavy atom. The van der Waals surface area contributed by atoms with Gasteiger partial charge in [-0.05, 0) is 87.2 Å². The Bertz CT molecular complexity index is 1510. The Hall–Kier alpha value is -3.98. The number of amides is 2. The highest BCUT2D eigenvalue weighted by molar-refractivity contribution is 6.35. The maximum atomic E-state index is 15.1. The number of likely N-dealkylation sites (tertiary alicyclic amines) is 1. The minimum Gasteiger partial charge on any atom is -0.379 e. The van der Waals surface area contributed by atoms with Gasteiger partial charge in [0.05, 0.1) is 22.5 Å². The summed E-state index contributed by atoms with van der Waals surface area (Å²) in [5.41, 5.74) is 5.46. The van der Waals surface area contributed by atoms with Gasteiger partial charge < -0.3 is 25.4 Å². The second kappa shape index (κ2) is 11.5. The number of carbonyl (C=O) groups is 2. The summed E-state index contributed by atoms with van der Waals surface area (Å²) < 4.78 is 28.3. The van der Waals surface area contributed by atoms with Crippen LogP contribution in [0.1, 0.15) is 64.1 Å². The molecular formula is C32H35F2N5O2. The molecule has 3 N–H and O–H groups in total. The van der Waals surface area contributed by atoms with Crippen molar-refractivity contribution in [1.82, 2.24) is 14.8 Å². The van der Waals surface area contributed by atoms with Gasteiger partial charge in [-0.25, -0.2) is 8.78 Å². The van der Waals surface area contributed by atoms with Crippen LogP contribution in [0.3, 0.4) is 0 Å². The molecule has 1 fully saturated rings. The third-order valence-electron chi connectivity index (χ3n) is 8.43. The van der Waals surface area contributed by atoms with Gasteiger partial charge in [0.2, 0.25) is 0 Å². The summed E-state index contributed by atoms with van der Waals surface area (Å²) in [4.78, 5) is 34.4. The molecule has 9 heteroatoms. The number of H-pyrrole nitrogens is 1. The maximum absolute atomic E-state index is 15.1. The predicted molar refractivity (Wildman–Crippen MR) is 157 cm³/mol. The number of fused-ring (bicyclic) bond motifs is 2. The number of anilines is 2. The fourth-order valence-electron chi connectivity index (χ4n) is 6.10. The summed E-state index contributed by atoms with van der Waals surface area (Å²) in [5, 5.41) is 5.87. The normalized spacial score (nSPS) is 18.3. The van der Waals surface area contributed by atoms with Crippen molar-refractivity contribution in [2.75, 3.05) is 43.4 Å². The average molecular weight is 560 g/mol. The average Bonchev–Trinajstić information content (AvgIpc) is 3.38. The lowest BCUT2D eigenvalue weighted by Crippen LogP contribution is -2.40. The number of nitrogens with one attached hydrogen (secondary N) is 3. The first kappa shape index (κ1) is 27.2. The van der Waals surface area contributed by atoms with Gasteiger partial charge in [-0.15, -0.1) is 0 Å². The first-order valence-corrected chi connectivity index (χ1v) is 14.5. The number of halogens is 2. The fourth-order valence-corrected chi connectivity index (χ4v) is 6.10. The Labute approximate surface area is 238 Å². The summed E-state index contributed by atoms with van der Waals surface area (Å²) in [6.07, 6.45) is 7.08. The molecule has 3 aliphatic rings. The summed E-state index contributed by atoms with van der Waals surface area (Å²) in [6.45, 7) is 6.76. The number of aromatic nitrogens is 1. The van der Waals surface area contributed by atoms with E-state index in [9.17, 15) is 14.0 Å². The molecule has 0 unspecified atom stereocenters. The number of carbonyl (C=O) groups excluding carboxylic acids is 2. The Morgan fingerprint density at radius 1 is 0.976 bits per heavy atom. The Kier molecular flexibility index (Phi) is 7.62. The van der Waals surface area contributed by atoms with Crippen molar-refractivity contribution >= 4 is 34.8 Å².